The molecule has 7 heteroatoms. The molecule has 2 unspecified atom stereocenters. The monoisotopic (exact) mass is 308 g/mol. The van der Waals surface area contributed by atoms with Gasteiger partial charge in [-0.25, -0.2) is 0 Å². The standard InChI is InChI=1S/C13H19F3N2OS/c14-13(15,16)8-19-10-3-1-2-9(6-10)18-7-12-11(17)4-5-20-12/h4-5,9-10,18H,1-3,6-8,17H2. The Kier molecular flexibility index (Phi) is 5.29. The number of alkyl halides is 3. The second-order valence-corrected chi connectivity index (χ2v) is 6.09. The lowest BCUT2D eigenvalue weighted by molar-refractivity contribution is -0.188. The highest BCUT2D eigenvalue weighted by atomic mass is 32.1. The van der Waals surface area contributed by atoms with Gasteiger partial charge in [-0.2, -0.15) is 13.2 Å². The molecule has 0 amide bonds. The summed E-state index contributed by atoms with van der Waals surface area (Å²) in [5.74, 6) is 0. The van der Waals surface area contributed by atoms with E-state index < -0.39 is 12.8 Å². The number of nitrogens with one attached hydrogen (secondary N) is 1. The predicted octanol–water partition coefficient (Wildman–Crippen LogP) is 3.31. The second-order valence-electron chi connectivity index (χ2n) is 5.09. The van der Waals surface area contributed by atoms with Crippen LogP contribution in [0.15, 0.2) is 11.4 Å². The molecule has 0 bridgehead atoms. The third-order valence-corrected chi connectivity index (χ3v) is 4.38. The van der Waals surface area contributed by atoms with Crippen LogP contribution in [0.5, 0.6) is 0 Å². The second kappa shape index (κ2) is 6.78. The van der Waals surface area contributed by atoms with Gasteiger partial charge in [-0.3, -0.25) is 0 Å². The van der Waals surface area contributed by atoms with Crippen LogP contribution < -0.4 is 11.1 Å². The zero-order valence-corrected chi connectivity index (χ0v) is 11.9. The van der Waals surface area contributed by atoms with Crippen LogP contribution in [0.4, 0.5) is 18.9 Å². The highest BCUT2D eigenvalue weighted by molar-refractivity contribution is 7.10. The van der Waals surface area contributed by atoms with Crippen molar-refractivity contribution in [2.24, 2.45) is 0 Å². The van der Waals surface area contributed by atoms with E-state index in [2.05, 4.69) is 5.32 Å². The smallest absolute Gasteiger partial charge is 0.398 e. The molecule has 114 valence electrons. The highest BCUT2D eigenvalue weighted by Gasteiger charge is 2.31. The molecule has 1 heterocycles. The van der Waals surface area contributed by atoms with Crippen LogP contribution in [0.25, 0.3) is 0 Å². The number of nitrogen functional groups attached to an aromatic ring is 1. The minimum absolute atomic E-state index is 0.198. The van der Waals surface area contributed by atoms with Crippen molar-refractivity contribution in [3.05, 3.63) is 16.3 Å². The maximum Gasteiger partial charge on any atom is 0.411 e. The van der Waals surface area contributed by atoms with Gasteiger partial charge in [0.15, 0.2) is 0 Å². The van der Waals surface area contributed by atoms with Gasteiger partial charge in [0, 0.05) is 23.2 Å². The fraction of sp³-hybridized carbons (Fsp3) is 0.692. The molecule has 0 aromatic carbocycles. The van der Waals surface area contributed by atoms with Crippen LogP contribution in [0.2, 0.25) is 0 Å². The van der Waals surface area contributed by atoms with Gasteiger partial charge < -0.3 is 15.8 Å². The Hall–Kier alpha value is -0.790. The van der Waals surface area contributed by atoms with Crippen molar-refractivity contribution in [3.63, 3.8) is 0 Å². The number of thiophene rings is 1. The molecule has 3 N–H and O–H groups in total. The quantitative estimate of drug-likeness (QED) is 0.877. The van der Waals surface area contributed by atoms with Gasteiger partial charge >= 0.3 is 6.18 Å². The van der Waals surface area contributed by atoms with Gasteiger partial charge in [-0.05, 0) is 37.1 Å². The first-order chi connectivity index (χ1) is 9.44. The summed E-state index contributed by atoms with van der Waals surface area (Å²) in [5.41, 5.74) is 6.57. The van der Waals surface area contributed by atoms with E-state index in [1.165, 1.54) is 0 Å². The largest absolute Gasteiger partial charge is 0.411 e. The molecule has 0 spiro atoms. The Morgan fingerprint density at radius 2 is 2.20 bits per heavy atom. The third kappa shape index (κ3) is 4.96. The van der Waals surface area contributed by atoms with Gasteiger partial charge in [0.2, 0.25) is 0 Å². The van der Waals surface area contributed by atoms with Crippen molar-refractivity contribution >= 4 is 17.0 Å². The van der Waals surface area contributed by atoms with Crippen LogP contribution >= 0.6 is 11.3 Å². The van der Waals surface area contributed by atoms with Gasteiger partial charge in [0.25, 0.3) is 0 Å². The van der Waals surface area contributed by atoms with Gasteiger partial charge in [0.1, 0.15) is 6.61 Å². The summed E-state index contributed by atoms with van der Waals surface area (Å²) < 4.78 is 41.4. The Balaban J connectivity index is 1.74. The summed E-state index contributed by atoms with van der Waals surface area (Å²) in [5, 5.41) is 5.29. The number of rotatable bonds is 5. The van der Waals surface area contributed by atoms with Crippen molar-refractivity contribution < 1.29 is 17.9 Å². The van der Waals surface area contributed by atoms with E-state index in [0.717, 1.165) is 23.4 Å². The highest BCUT2D eigenvalue weighted by Crippen LogP contribution is 2.25. The average Bonchev–Trinajstić information content (AvgIpc) is 2.79. The van der Waals surface area contributed by atoms with Crippen molar-refractivity contribution in [1.29, 1.82) is 0 Å². The molecule has 2 rings (SSSR count). The van der Waals surface area contributed by atoms with Crippen molar-refractivity contribution in [1.82, 2.24) is 5.32 Å². The van der Waals surface area contributed by atoms with Crippen LogP contribution in [-0.2, 0) is 11.3 Å². The molecule has 1 saturated carbocycles. The lowest BCUT2D eigenvalue weighted by atomic mass is 9.93. The Labute approximate surface area is 120 Å². The van der Waals surface area contributed by atoms with Crippen molar-refractivity contribution in [2.75, 3.05) is 12.3 Å². The molecule has 1 aromatic rings. The summed E-state index contributed by atoms with van der Waals surface area (Å²) >= 11 is 1.59. The summed E-state index contributed by atoms with van der Waals surface area (Å²) in [7, 11) is 0. The minimum Gasteiger partial charge on any atom is -0.398 e. The van der Waals surface area contributed by atoms with E-state index >= 15 is 0 Å². The van der Waals surface area contributed by atoms with Crippen molar-refractivity contribution in [3.8, 4) is 0 Å². The zero-order chi connectivity index (χ0) is 14.6. The van der Waals surface area contributed by atoms with E-state index in [0.29, 0.717) is 19.4 Å². The molecule has 2 atom stereocenters. The summed E-state index contributed by atoms with van der Waals surface area (Å²) in [4.78, 5) is 1.07. The molecular weight excluding hydrogens is 289 g/mol. The van der Waals surface area contributed by atoms with Crippen molar-refractivity contribution in [2.45, 2.75) is 50.6 Å². The first kappa shape index (κ1) is 15.6. The molecule has 1 fully saturated rings. The molecule has 1 aromatic heterocycles. The molecule has 0 aliphatic heterocycles. The minimum atomic E-state index is -4.24. The first-order valence-electron chi connectivity index (χ1n) is 6.67. The topological polar surface area (TPSA) is 47.3 Å². The van der Waals surface area contributed by atoms with E-state index in [-0.39, 0.29) is 12.1 Å². The lowest BCUT2D eigenvalue weighted by Gasteiger charge is -2.30. The third-order valence-electron chi connectivity index (χ3n) is 3.44. The number of ether oxygens (including phenoxy) is 1. The van der Waals surface area contributed by atoms with E-state index in [9.17, 15) is 13.2 Å². The Morgan fingerprint density at radius 1 is 1.40 bits per heavy atom. The molecular formula is C13H19F3N2OS. The van der Waals surface area contributed by atoms with E-state index in [1.807, 2.05) is 11.4 Å². The van der Waals surface area contributed by atoms with E-state index in [1.54, 1.807) is 11.3 Å². The first-order valence-corrected chi connectivity index (χ1v) is 7.55. The van der Waals surface area contributed by atoms with Gasteiger partial charge in [0.05, 0.1) is 6.10 Å². The Morgan fingerprint density at radius 3 is 2.85 bits per heavy atom. The summed E-state index contributed by atoms with van der Waals surface area (Å²) in [6, 6.07) is 2.06. The van der Waals surface area contributed by atoms with Gasteiger partial charge in [-0.15, -0.1) is 11.3 Å². The fourth-order valence-corrected chi connectivity index (χ4v) is 3.17. The molecule has 1 aliphatic rings. The van der Waals surface area contributed by atoms with Crippen LogP contribution in [-0.4, -0.2) is 24.9 Å². The molecule has 1 aliphatic carbocycles. The number of hydrogen-bond acceptors (Lipinski definition) is 4. The number of hydrogen-bond donors (Lipinski definition) is 2. The molecule has 3 nitrogen and oxygen atoms in total. The van der Waals surface area contributed by atoms with E-state index in [4.69, 9.17) is 10.5 Å². The lowest BCUT2D eigenvalue weighted by Crippen LogP contribution is -2.37. The summed E-state index contributed by atoms with van der Waals surface area (Å²) in [6.45, 7) is -0.484. The molecule has 0 radical (unpaired) electrons. The molecule has 20 heavy (non-hydrogen) atoms. The average molecular weight is 308 g/mol. The molecule has 0 saturated heterocycles. The fourth-order valence-electron chi connectivity index (χ4n) is 2.43. The maximum atomic E-state index is 12.1. The Bertz CT molecular complexity index is 422. The normalized spacial score (nSPS) is 23.9. The number of anilines is 1. The number of nitrogens with two attached hydrogens (primary N) is 1. The SMILES string of the molecule is Nc1ccsc1CNC1CCCC(OCC(F)(F)F)C1. The van der Waals surface area contributed by atoms with Crippen LogP contribution in [0.1, 0.15) is 30.6 Å². The maximum absolute atomic E-state index is 12.1. The zero-order valence-electron chi connectivity index (χ0n) is 11.1. The summed E-state index contributed by atoms with van der Waals surface area (Å²) in [6.07, 6.45) is -1.36. The van der Waals surface area contributed by atoms with Gasteiger partial charge in [-0.1, -0.05) is 0 Å². The van der Waals surface area contributed by atoms with Crippen LogP contribution in [0.3, 0.4) is 0 Å². The predicted molar refractivity (Wildman–Crippen MR) is 73.6 cm³/mol. The number of halogens is 3. The van der Waals surface area contributed by atoms with Crippen LogP contribution in [0, 0.1) is 0 Å².